The third-order valence-corrected chi connectivity index (χ3v) is 7.44. The van der Waals surface area contributed by atoms with E-state index in [4.69, 9.17) is 18.9 Å². The molecule has 0 bridgehead atoms. The highest BCUT2D eigenvalue weighted by Gasteiger charge is 2.35. The van der Waals surface area contributed by atoms with Gasteiger partial charge < -0.3 is 18.9 Å². The lowest BCUT2D eigenvalue weighted by Gasteiger charge is -2.22. The van der Waals surface area contributed by atoms with Gasteiger partial charge in [0.15, 0.2) is 17.5 Å². The van der Waals surface area contributed by atoms with Gasteiger partial charge >= 0.3 is 0 Å². The van der Waals surface area contributed by atoms with Gasteiger partial charge in [-0.3, -0.25) is 9.29 Å². The van der Waals surface area contributed by atoms with Crippen LogP contribution in [0.1, 0.15) is 18.9 Å². The SMILES string of the molecule is COc1cccc(-c2nnc(NS(=O)(=O)[C@@H](C)[C@H](OC)c3ncc(F)cn3)n2-c2c(OC)cccc2OC)n1. The summed E-state index contributed by atoms with van der Waals surface area (Å²) in [7, 11) is 1.47. The third kappa shape index (κ3) is 5.58. The predicted molar refractivity (Wildman–Crippen MR) is 138 cm³/mol. The van der Waals surface area contributed by atoms with E-state index in [0.717, 1.165) is 12.4 Å². The van der Waals surface area contributed by atoms with Crippen molar-refractivity contribution in [2.75, 3.05) is 33.2 Å². The first kappa shape index (κ1) is 27.7. The number of benzene rings is 1. The summed E-state index contributed by atoms with van der Waals surface area (Å²) in [6, 6.07) is 10.1. The molecule has 0 spiro atoms. The molecule has 206 valence electrons. The van der Waals surface area contributed by atoms with Crippen LogP contribution in [-0.2, 0) is 14.8 Å². The summed E-state index contributed by atoms with van der Waals surface area (Å²) >= 11 is 0. The second-order valence-electron chi connectivity index (χ2n) is 8.03. The van der Waals surface area contributed by atoms with Gasteiger partial charge in [-0.05, 0) is 25.1 Å². The number of rotatable bonds is 11. The van der Waals surface area contributed by atoms with E-state index < -0.39 is 27.2 Å². The average molecular weight is 560 g/mol. The van der Waals surface area contributed by atoms with E-state index in [2.05, 4.69) is 29.9 Å². The van der Waals surface area contributed by atoms with Crippen LogP contribution in [0.25, 0.3) is 17.2 Å². The molecular weight excluding hydrogens is 533 g/mol. The Morgan fingerprint density at radius 2 is 1.56 bits per heavy atom. The van der Waals surface area contributed by atoms with Crippen molar-refractivity contribution in [1.82, 2.24) is 29.7 Å². The first-order chi connectivity index (χ1) is 18.7. The van der Waals surface area contributed by atoms with Crippen LogP contribution in [0, 0.1) is 5.82 Å². The molecule has 0 fully saturated rings. The van der Waals surface area contributed by atoms with E-state index in [1.54, 1.807) is 36.4 Å². The first-order valence-corrected chi connectivity index (χ1v) is 13.0. The molecule has 0 aliphatic rings. The minimum Gasteiger partial charge on any atom is -0.494 e. The normalized spacial score (nSPS) is 13.0. The van der Waals surface area contributed by atoms with E-state index in [9.17, 15) is 12.8 Å². The van der Waals surface area contributed by atoms with Gasteiger partial charge in [-0.1, -0.05) is 12.1 Å². The van der Waals surface area contributed by atoms with Crippen molar-refractivity contribution in [2.45, 2.75) is 18.3 Å². The molecular formula is C24H26FN7O6S. The number of halogens is 1. The smallest absolute Gasteiger partial charge is 0.243 e. The van der Waals surface area contributed by atoms with E-state index in [0.29, 0.717) is 28.8 Å². The Hall–Kier alpha value is -4.37. The minimum absolute atomic E-state index is 0.00842. The summed E-state index contributed by atoms with van der Waals surface area (Å²) in [6.45, 7) is 1.40. The summed E-state index contributed by atoms with van der Waals surface area (Å²) in [6.07, 6.45) is 0.734. The molecule has 13 nitrogen and oxygen atoms in total. The number of hydrogen-bond acceptors (Lipinski definition) is 11. The summed E-state index contributed by atoms with van der Waals surface area (Å²) < 4.78 is 66.1. The number of nitrogens with zero attached hydrogens (tertiary/aromatic N) is 6. The van der Waals surface area contributed by atoms with Gasteiger partial charge in [-0.25, -0.2) is 27.8 Å². The molecule has 0 saturated heterocycles. The lowest BCUT2D eigenvalue weighted by atomic mass is 10.2. The van der Waals surface area contributed by atoms with Crippen molar-refractivity contribution < 1.29 is 31.8 Å². The van der Waals surface area contributed by atoms with E-state index in [1.165, 1.54) is 39.9 Å². The largest absolute Gasteiger partial charge is 0.494 e. The molecule has 3 heterocycles. The van der Waals surface area contributed by atoms with Crippen molar-refractivity contribution in [2.24, 2.45) is 0 Å². The molecule has 1 aromatic carbocycles. The number of hydrogen-bond donors (Lipinski definition) is 1. The van der Waals surface area contributed by atoms with Gasteiger partial charge in [0.05, 0.1) is 33.7 Å². The average Bonchev–Trinajstić information content (AvgIpc) is 3.35. The van der Waals surface area contributed by atoms with E-state index >= 15 is 0 Å². The Morgan fingerprint density at radius 1 is 0.923 bits per heavy atom. The van der Waals surface area contributed by atoms with Crippen LogP contribution in [-0.4, -0.2) is 71.8 Å². The fourth-order valence-corrected chi connectivity index (χ4v) is 4.92. The van der Waals surface area contributed by atoms with E-state index in [-0.39, 0.29) is 17.6 Å². The highest BCUT2D eigenvalue weighted by Crippen LogP contribution is 2.38. The molecule has 0 aliphatic carbocycles. The van der Waals surface area contributed by atoms with Crippen molar-refractivity contribution >= 4 is 16.0 Å². The van der Waals surface area contributed by atoms with Crippen LogP contribution >= 0.6 is 0 Å². The molecule has 0 aliphatic heterocycles. The lowest BCUT2D eigenvalue weighted by molar-refractivity contribution is 0.0948. The summed E-state index contributed by atoms with van der Waals surface area (Å²) in [4.78, 5) is 12.2. The van der Waals surface area contributed by atoms with Gasteiger partial charge in [-0.2, -0.15) is 0 Å². The number of anilines is 1. The maximum Gasteiger partial charge on any atom is 0.243 e. The second-order valence-corrected chi connectivity index (χ2v) is 10.1. The highest BCUT2D eigenvalue weighted by molar-refractivity contribution is 7.93. The zero-order chi connectivity index (χ0) is 28.2. The second kappa shape index (κ2) is 11.6. The number of para-hydroxylation sites is 1. The van der Waals surface area contributed by atoms with Gasteiger partial charge in [0.1, 0.15) is 34.2 Å². The van der Waals surface area contributed by atoms with Crippen LogP contribution < -0.4 is 18.9 Å². The number of ether oxygens (including phenoxy) is 4. The fourth-order valence-electron chi connectivity index (χ4n) is 3.79. The number of sulfonamides is 1. The quantitative estimate of drug-likeness (QED) is 0.289. The van der Waals surface area contributed by atoms with Crippen LogP contribution in [0.4, 0.5) is 10.3 Å². The molecule has 0 amide bonds. The van der Waals surface area contributed by atoms with Gasteiger partial charge in [-0.15, -0.1) is 10.2 Å². The van der Waals surface area contributed by atoms with Crippen LogP contribution in [0.5, 0.6) is 17.4 Å². The zero-order valence-corrected chi connectivity index (χ0v) is 22.5. The Kier molecular flexibility index (Phi) is 8.21. The first-order valence-electron chi connectivity index (χ1n) is 11.4. The number of aromatic nitrogens is 6. The highest BCUT2D eigenvalue weighted by atomic mass is 32.2. The Labute approximate surface area is 224 Å². The molecule has 0 saturated carbocycles. The monoisotopic (exact) mass is 559 g/mol. The topological polar surface area (TPSA) is 152 Å². The predicted octanol–water partition coefficient (Wildman–Crippen LogP) is 2.80. The fraction of sp³-hybridized carbons (Fsp3) is 0.292. The summed E-state index contributed by atoms with van der Waals surface area (Å²) in [5.74, 6) is 0.326. The van der Waals surface area contributed by atoms with Gasteiger partial charge in [0.2, 0.25) is 21.9 Å². The number of methoxy groups -OCH3 is 4. The lowest BCUT2D eigenvalue weighted by Crippen LogP contribution is -2.33. The van der Waals surface area contributed by atoms with Crippen molar-refractivity contribution in [3.05, 3.63) is 60.4 Å². The standard InChI is InChI=1S/C24H26FN7O6S/c1-14(21(38-5)22-26-12-15(25)13-27-22)39(33,34)31-24-30-29-23(16-8-6-11-19(28-16)37-4)32(24)20-17(35-2)9-7-10-18(20)36-3/h6-14,21H,1-5H3,(H,30,31)/t14-,21-/m0/s1. The Balaban J connectivity index is 1.85. The molecule has 39 heavy (non-hydrogen) atoms. The van der Waals surface area contributed by atoms with Crippen molar-refractivity contribution in [1.29, 1.82) is 0 Å². The Morgan fingerprint density at radius 3 is 2.15 bits per heavy atom. The third-order valence-electron chi connectivity index (χ3n) is 5.75. The minimum atomic E-state index is -4.23. The molecule has 3 aromatic heterocycles. The number of nitrogens with one attached hydrogen (secondary N) is 1. The van der Waals surface area contributed by atoms with Crippen molar-refractivity contribution in [3.8, 4) is 34.6 Å². The molecule has 0 radical (unpaired) electrons. The van der Waals surface area contributed by atoms with Crippen molar-refractivity contribution in [3.63, 3.8) is 0 Å². The van der Waals surface area contributed by atoms with Crippen LogP contribution in [0.2, 0.25) is 0 Å². The molecule has 1 N–H and O–H groups in total. The molecule has 0 unspecified atom stereocenters. The maximum absolute atomic E-state index is 13.6. The molecule has 2 atom stereocenters. The zero-order valence-electron chi connectivity index (χ0n) is 21.7. The van der Waals surface area contributed by atoms with Crippen LogP contribution in [0.3, 0.4) is 0 Å². The van der Waals surface area contributed by atoms with E-state index in [1.807, 2.05) is 0 Å². The van der Waals surface area contributed by atoms with Gasteiger partial charge in [0, 0.05) is 13.2 Å². The van der Waals surface area contributed by atoms with Crippen LogP contribution in [0.15, 0.2) is 48.8 Å². The number of pyridine rings is 1. The Bertz CT molecular complexity index is 1530. The maximum atomic E-state index is 13.6. The summed E-state index contributed by atoms with van der Waals surface area (Å²) in [5, 5.41) is 7.11. The molecule has 4 rings (SSSR count). The molecule has 15 heteroatoms. The summed E-state index contributed by atoms with van der Waals surface area (Å²) in [5.41, 5.74) is 0.658. The van der Waals surface area contributed by atoms with Gasteiger partial charge in [0.25, 0.3) is 0 Å². The molecule has 4 aromatic rings.